The molecular formula is C15H23N3O2. The molecule has 0 aliphatic heterocycles. The molecule has 3 N–H and O–H groups in total. The summed E-state index contributed by atoms with van der Waals surface area (Å²) in [7, 11) is 0. The fraction of sp³-hybridized carbons (Fsp3) is 0.733. The third-order valence-corrected chi connectivity index (χ3v) is 4.57. The zero-order valence-electron chi connectivity index (χ0n) is 11.8. The highest BCUT2D eigenvalue weighted by Crippen LogP contribution is 2.37. The highest BCUT2D eigenvalue weighted by atomic mass is 16.3. The second kappa shape index (κ2) is 5.95. The van der Waals surface area contributed by atoms with Gasteiger partial charge in [-0.2, -0.15) is 0 Å². The minimum atomic E-state index is -0.0771. The average molecular weight is 277 g/mol. The Bertz CT molecular complexity index is 510. The van der Waals surface area contributed by atoms with Crippen LogP contribution in [0.15, 0.2) is 10.9 Å². The Hall–Kier alpha value is -1.36. The van der Waals surface area contributed by atoms with Gasteiger partial charge in [0.2, 0.25) is 0 Å². The van der Waals surface area contributed by atoms with Gasteiger partial charge in [0.05, 0.1) is 0 Å². The van der Waals surface area contributed by atoms with E-state index in [1.54, 1.807) is 0 Å². The molecule has 1 heterocycles. The summed E-state index contributed by atoms with van der Waals surface area (Å²) in [4.78, 5) is 19.0. The number of aromatic nitrogens is 2. The van der Waals surface area contributed by atoms with Gasteiger partial charge >= 0.3 is 0 Å². The fourth-order valence-electron chi connectivity index (χ4n) is 3.15. The van der Waals surface area contributed by atoms with Crippen molar-refractivity contribution in [3.8, 4) is 0 Å². The number of anilines is 1. The van der Waals surface area contributed by atoms with E-state index < -0.39 is 0 Å². The number of nitrogens with one attached hydrogen (secondary N) is 2. The average Bonchev–Trinajstić information content (AvgIpc) is 3.29. The van der Waals surface area contributed by atoms with Crippen molar-refractivity contribution in [3.05, 3.63) is 22.2 Å². The van der Waals surface area contributed by atoms with Crippen LogP contribution in [0.5, 0.6) is 0 Å². The number of H-pyrrole nitrogens is 1. The standard InChI is InChI=1S/C15H23N3O2/c19-9-12-4-2-1-3-11(12)8-16-13-7-14(20)18-15(17-13)10-5-6-10/h7,10-12,19H,1-6,8-9H2,(H2,16,17,18,20). The maximum atomic E-state index is 11.6. The van der Waals surface area contributed by atoms with Gasteiger partial charge in [-0.3, -0.25) is 4.79 Å². The van der Waals surface area contributed by atoms with Crippen LogP contribution in [0.4, 0.5) is 5.82 Å². The Morgan fingerprint density at radius 1 is 1.25 bits per heavy atom. The molecule has 2 fully saturated rings. The van der Waals surface area contributed by atoms with Gasteiger partial charge in [0, 0.05) is 25.1 Å². The summed E-state index contributed by atoms with van der Waals surface area (Å²) >= 11 is 0. The number of hydrogen-bond donors (Lipinski definition) is 3. The number of aliphatic hydroxyl groups is 1. The van der Waals surface area contributed by atoms with Gasteiger partial charge < -0.3 is 15.4 Å². The van der Waals surface area contributed by atoms with Crippen molar-refractivity contribution in [1.82, 2.24) is 9.97 Å². The molecule has 0 saturated heterocycles. The molecule has 1 aromatic heterocycles. The zero-order valence-corrected chi connectivity index (χ0v) is 11.8. The van der Waals surface area contributed by atoms with Gasteiger partial charge in [-0.15, -0.1) is 0 Å². The molecular weight excluding hydrogens is 254 g/mol. The smallest absolute Gasteiger partial charge is 0.252 e. The number of rotatable bonds is 5. The predicted molar refractivity (Wildman–Crippen MR) is 77.9 cm³/mol. The van der Waals surface area contributed by atoms with Gasteiger partial charge in [0.1, 0.15) is 11.6 Å². The second-order valence-corrected chi connectivity index (χ2v) is 6.16. The van der Waals surface area contributed by atoms with E-state index >= 15 is 0 Å². The molecule has 2 unspecified atom stereocenters. The number of aromatic amines is 1. The molecule has 20 heavy (non-hydrogen) atoms. The van der Waals surface area contributed by atoms with Crippen LogP contribution in [0.25, 0.3) is 0 Å². The zero-order chi connectivity index (χ0) is 13.9. The van der Waals surface area contributed by atoms with E-state index in [1.807, 2.05) is 0 Å². The molecule has 3 rings (SSSR count). The second-order valence-electron chi connectivity index (χ2n) is 6.16. The first-order valence-corrected chi connectivity index (χ1v) is 7.72. The van der Waals surface area contributed by atoms with Crippen molar-refractivity contribution < 1.29 is 5.11 Å². The molecule has 0 amide bonds. The minimum Gasteiger partial charge on any atom is -0.396 e. The van der Waals surface area contributed by atoms with Crippen molar-refractivity contribution in [1.29, 1.82) is 0 Å². The lowest BCUT2D eigenvalue weighted by molar-refractivity contribution is 0.141. The summed E-state index contributed by atoms with van der Waals surface area (Å²) in [5.74, 6) is 2.82. The SMILES string of the molecule is O=c1cc(NCC2CCCCC2CO)nc(C2CC2)[nH]1. The summed E-state index contributed by atoms with van der Waals surface area (Å²) in [6, 6.07) is 1.53. The molecule has 2 aliphatic carbocycles. The van der Waals surface area contributed by atoms with Gasteiger partial charge in [0.15, 0.2) is 0 Å². The Balaban J connectivity index is 1.63. The Morgan fingerprint density at radius 2 is 2.00 bits per heavy atom. The monoisotopic (exact) mass is 277 g/mol. The van der Waals surface area contributed by atoms with Crippen LogP contribution in [0.1, 0.15) is 50.3 Å². The van der Waals surface area contributed by atoms with E-state index in [9.17, 15) is 9.90 Å². The third kappa shape index (κ3) is 3.20. The van der Waals surface area contributed by atoms with E-state index in [0.29, 0.717) is 23.6 Å². The molecule has 0 bridgehead atoms. The van der Waals surface area contributed by atoms with E-state index in [2.05, 4.69) is 15.3 Å². The number of aliphatic hydroxyl groups excluding tert-OH is 1. The van der Waals surface area contributed by atoms with E-state index in [0.717, 1.165) is 38.1 Å². The summed E-state index contributed by atoms with van der Waals surface area (Å²) in [5, 5.41) is 12.7. The van der Waals surface area contributed by atoms with Crippen LogP contribution in [-0.4, -0.2) is 28.2 Å². The lowest BCUT2D eigenvalue weighted by Crippen LogP contribution is -2.29. The highest BCUT2D eigenvalue weighted by molar-refractivity contribution is 5.34. The first-order valence-electron chi connectivity index (χ1n) is 7.72. The van der Waals surface area contributed by atoms with Crippen molar-refractivity contribution in [2.45, 2.75) is 44.4 Å². The summed E-state index contributed by atoms with van der Waals surface area (Å²) < 4.78 is 0. The molecule has 5 heteroatoms. The van der Waals surface area contributed by atoms with Crippen LogP contribution in [-0.2, 0) is 0 Å². The van der Waals surface area contributed by atoms with Crippen molar-refractivity contribution in [2.75, 3.05) is 18.5 Å². The molecule has 5 nitrogen and oxygen atoms in total. The van der Waals surface area contributed by atoms with Crippen molar-refractivity contribution in [3.63, 3.8) is 0 Å². The molecule has 2 atom stereocenters. The molecule has 110 valence electrons. The number of nitrogens with zero attached hydrogens (tertiary/aromatic N) is 1. The van der Waals surface area contributed by atoms with Crippen LogP contribution in [0.2, 0.25) is 0 Å². The summed E-state index contributed by atoms with van der Waals surface area (Å²) in [6.45, 7) is 1.06. The van der Waals surface area contributed by atoms with Gasteiger partial charge in [0.25, 0.3) is 5.56 Å². The predicted octanol–water partition coefficient (Wildman–Crippen LogP) is 1.86. The molecule has 0 spiro atoms. The van der Waals surface area contributed by atoms with E-state index in [-0.39, 0.29) is 12.2 Å². The van der Waals surface area contributed by atoms with Crippen LogP contribution in [0, 0.1) is 11.8 Å². The van der Waals surface area contributed by atoms with E-state index in [1.165, 1.54) is 18.9 Å². The Kier molecular flexibility index (Phi) is 4.05. The highest BCUT2D eigenvalue weighted by Gasteiger charge is 2.27. The molecule has 2 saturated carbocycles. The van der Waals surface area contributed by atoms with Gasteiger partial charge in [-0.1, -0.05) is 12.8 Å². The van der Waals surface area contributed by atoms with Crippen LogP contribution < -0.4 is 10.9 Å². The first-order chi connectivity index (χ1) is 9.76. The fourth-order valence-corrected chi connectivity index (χ4v) is 3.15. The van der Waals surface area contributed by atoms with Gasteiger partial charge in [-0.25, -0.2) is 4.98 Å². The molecule has 0 aromatic carbocycles. The lowest BCUT2D eigenvalue weighted by atomic mass is 9.79. The lowest BCUT2D eigenvalue weighted by Gasteiger charge is -2.30. The molecule has 0 radical (unpaired) electrons. The summed E-state index contributed by atoms with van der Waals surface area (Å²) in [6.07, 6.45) is 6.97. The summed E-state index contributed by atoms with van der Waals surface area (Å²) in [5.41, 5.74) is -0.0771. The first kappa shape index (κ1) is 13.6. The normalized spacial score (nSPS) is 26.4. The maximum Gasteiger partial charge on any atom is 0.252 e. The van der Waals surface area contributed by atoms with Gasteiger partial charge in [-0.05, 0) is 37.5 Å². The van der Waals surface area contributed by atoms with Crippen molar-refractivity contribution in [2.24, 2.45) is 11.8 Å². The topological polar surface area (TPSA) is 78.0 Å². The quantitative estimate of drug-likeness (QED) is 0.767. The van der Waals surface area contributed by atoms with Crippen LogP contribution in [0.3, 0.4) is 0 Å². The van der Waals surface area contributed by atoms with E-state index in [4.69, 9.17) is 0 Å². The minimum absolute atomic E-state index is 0.0771. The molecule has 1 aromatic rings. The number of hydrogen-bond acceptors (Lipinski definition) is 4. The van der Waals surface area contributed by atoms with Crippen molar-refractivity contribution >= 4 is 5.82 Å². The maximum absolute atomic E-state index is 11.6. The Morgan fingerprint density at radius 3 is 2.70 bits per heavy atom. The Labute approximate surface area is 118 Å². The largest absolute Gasteiger partial charge is 0.396 e. The molecule has 2 aliphatic rings. The third-order valence-electron chi connectivity index (χ3n) is 4.57. The van der Waals surface area contributed by atoms with Crippen LogP contribution >= 0.6 is 0 Å².